The van der Waals surface area contributed by atoms with Gasteiger partial charge in [0.05, 0.1) is 12.2 Å². The Morgan fingerprint density at radius 2 is 2.38 bits per heavy atom. The molecule has 2 heterocycles. The molecule has 2 aromatic rings. The van der Waals surface area contributed by atoms with Gasteiger partial charge in [-0.15, -0.1) is 16.4 Å². The highest BCUT2D eigenvalue weighted by molar-refractivity contribution is 7.09. The van der Waals surface area contributed by atoms with E-state index in [0.717, 1.165) is 44.5 Å². The highest BCUT2D eigenvalue weighted by Crippen LogP contribution is 2.18. The largest absolute Gasteiger partial charge is 0.308 e. The third kappa shape index (κ3) is 4.62. The second-order valence-corrected chi connectivity index (χ2v) is 6.61. The second kappa shape index (κ2) is 7.15. The lowest BCUT2D eigenvalue weighted by Gasteiger charge is -2.19. The predicted molar refractivity (Wildman–Crippen MR) is 85.2 cm³/mol. The van der Waals surface area contributed by atoms with E-state index in [1.54, 1.807) is 0 Å². The van der Waals surface area contributed by atoms with Gasteiger partial charge in [-0.05, 0) is 30.8 Å². The van der Waals surface area contributed by atoms with E-state index in [-0.39, 0.29) is 0 Å². The van der Waals surface area contributed by atoms with Crippen molar-refractivity contribution in [3.63, 3.8) is 0 Å². The molecule has 1 fully saturated rings. The molecule has 0 atom stereocenters. The van der Waals surface area contributed by atoms with Crippen LogP contribution in [0.25, 0.3) is 0 Å². The quantitative estimate of drug-likeness (QED) is 0.771. The predicted octanol–water partition coefficient (Wildman–Crippen LogP) is 2.11. The Hall–Kier alpha value is -1.24. The van der Waals surface area contributed by atoms with E-state index in [1.807, 2.05) is 16.0 Å². The Morgan fingerprint density at radius 3 is 3.10 bits per heavy atom. The molecule has 0 amide bonds. The molecular weight excluding hydrogens is 282 g/mol. The number of thiophene rings is 1. The number of likely N-dealkylation sites (N-methyl/N-ethyl adjacent to an activating group) is 1. The number of rotatable bonds is 9. The van der Waals surface area contributed by atoms with Crippen LogP contribution in [0.1, 0.15) is 30.3 Å². The lowest BCUT2D eigenvalue weighted by Crippen LogP contribution is -2.26. The van der Waals surface area contributed by atoms with Crippen molar-refractivity contribution in [1.82, 2.24) is 25.2 Å². The minimum absolute atomic E-state index is 0.719. The van der Waals surface area contributed by atoms with Crippen molar-refractivity contribution in [3.05, 3.63) is 34.3 Å². The van der Waals surface area contributed by atoms with Gasteiger partial charge in [0.15, 0.2) is 0 Å². The summed E-state index contributed by atoms with van der Waals surface area (Å²) in [6.45, 7) is 7.04. The van der Waals surface area contributed by atoms with Gasteiger partial charge >= 0.3 is 0 Å². The van der Waals surface area contributed by atoms with Crippen LogP contribution in [0.5, 0.6) is 0 Å². The third-order valence-corrected chi connectivity index (χ3v) is 4.65. The Kier molecular flexibility index (Phi) is 5.00. The van der Waals surface area contributed by atoms with Crippen molar-refractivity contribution in [2.24, 2.45) is 0 Å². The number of nitrogens with one attached hydrogen (secondary N) is 1. The van der Waals surface area contributed by atoms with E-state index < -0.39 is 0 Å². The number of nitrogens with zero attached hydrogens (tertiary/aromatic N) is 4. The smallest absolute Gasteiger partial charge is 0.0964 e. The molecule has 1 aliphatic carbocycles. The topological polar surface area (TPSA) is 46.0 Å². The first-order valence-corrected chi connectivity index (χ1v) is 8.58. The van der Waals surface area contributed by atoms with Crippen molar-refractivity contribution < 1.29 is 0 Å². The molecule has 0 saturated heterocycles. The molecule has 0 bridgehead atoms. The molecular formula is C15H23N5S. The summed E-state index contributed by atoms with van der Waals surface area (Å²) in [7, 11) is 0. The maximum Gasteiger partial charge on any atom is 0.0964 e. The third-order valence-electron chi connectivity index (χ3n) is 3.79. The fourth-order valence-electron chi connectivity index (χ4n) is 2.28. The summed E-state index contributed by atoms with van der Waals surface area (Å²) < 4.78 is 1.96. The van der Waals surface area contributed by atoms with Crippen molar-refractivity contribution in [1.29, 1.82) is 0 Å². The van der Waals surface area contributed by atoms with Gasteiger partial charge < -0.3 is 5.32 Å². The molecule has 0 radical (unpaired) electrons. The summed E-state index contributed by atoms with van der Waals surface area (Å²) in [5.41, 5.74) is 1.04. The van der Waals surface area contributed by atoms with E-state index in [9.17, 15) is 0 Å². The molecule has 6 heteroatoms. The Morgan fingerprint density at radius 1 is 1.48 bits per heavy atom. The molecule has 0 unspecified atom stereocenters. The van der Waals surface area contributed by atoms with Crippen LogP contribution in [0.3, 0.4) is 0 Å². The van der Waals surface area contributed by atoms with Crippen molar-refractivity contribution >= 4 is 11.3 Å². The van der Waals surface area contributed by atoms with Crippen molar-refractivity contribution in [3.8, 4) is 0 Å². The lowest BCUT2D eigenvalue weighted by molar-refractivity contribution is 0.264. The molecule has 0 aromatic carbocycles. The summed E-state index contributed by atoms with van der Waals surface area (Å²) in [5, 5.41) is 14.1. The summed E-state index contributed by atoms with van der Waals surface area (Å²) in [6.07, 6.45) is 4.68. The van der Waals surface area contributed by atoms with Crippen molar-refractivity contribution in [2.45, 2.75) is 45.4 Å². The minimum atomic E-state index is 0.719. The van der Waals surface area contributed by atoms with Gasteiger partial charge in [0.1, 0.15) is 0 Å². The molecule has 21 heavy (non-hydrogen) atoms. The van der Waals surface area contributed by atoms with Crippen LogP contribution >= 0.6 is 11.3 Å². The van der Waals surface area contributed by atoms with Gasteiger partial charge in [0, 0.05) is 36.8 Å². The van der Waals surface area contributed by atoms with Gasteiger partial charge in [-0.3, -0.25) is 9.58 Å². The van der Waals surface area contributed by atoms with Crippen molar-refractivity contribution in [2.75, 3.05) is 13.1 Å². The van der Waals surface area contributed by atoms with Gasteiger partial charge in [0.2, 0.25) is 0 Å². The summed E-state index contributed by atoms with van der Waals surface area (Å²) >= 11 is 1.82. The fourth-order valence-corrected chi connectivity index (χ4v) is 3.03. The fraction of sp³-hybridized carbons (Fsp3) is 0.600. The molecule has 1 aliphatic rings. The standard InChI is InChI=1S/C15H23N5S/c1-2-19(12-15-4-3-9-21-15)7-8-20-11-14(17-18-20)10-16-13-5-6-13/h3-4,9,11,13,16H,2,5-8,10,12H2,1H3. The Labute approximate surface area is 130 Å². The molecule has 3 rings (SSSR count). The first-order chi connectivity index (χ1) is 10.3. The highest BCUT2D eigenvalue weighted by atomic mass is 32.1. The van der Waals surface area contributed by atoms with E-state index in [2.05, 4.69) is 51.2 Å². The molecule has 5 nitrogen and oxygen atoms in total. The number of hydrogen-bond donors (Lipinski definition) is 1. The van der Waals surface area contributed by atoms with Gasteiger partial charge in [-0.2, -0.15) is 0 Å². The van der Waals surface area contributed by atoms with Gasteiger partial charge in [-0.1, -0.05) is 18.2 Å². The molecule has 0 spiro atoms. The normalized spacial score (nSPS) is 15.0. The van der Waals surface area contributed by atoms with Crippen LogP contribution in [0.4, 0.5) is 0 Å². The Bertz CT molecular complexity index is 532. The SMILES string of the molecule is CCN(CCn1cc(CNC2CC2)nn1)Cc1cccs1. The average molecular weight is 305 g/mol. The summed E-state index contributed by atoms with van der Waals surface area (Å²) in [5.74, 6) is 0. The molecule has 1 saturated carbocycles. The number of hydrogen-bond acceptors (Lipinski definition) is 5. The van der Waals surface area contributed by atoms with Crippen LogP contribution in [0, 0.1) is 0 Å². The average Bonchev–Trinajstić information content (AvgIpc) is 3.00. The first kappa shape index (κ1) is 14.7. The van der Waals surface area contributed by atoms with Gasteiger partial charge in [-0.25, -0.2) is 0 Å². The van der Waals surface area contributed by atoms with E-state index in [4.69, 9.17) is 0 Å². The molecule has 0 aliphatic heterocycles. The lowest BCUT2D eigenvalue weighted by atomic mass is 10.4. The number of aromatic nitrogens is 3. The second-order valence-electron chi connectivity index (χ2n) is 5.58. The summed E-state index contributed by atoms with van der Waals surface area (Å²) in [6, 6.07) is 5.03. The zero-order valence-corrected chi connectivity index (χ0v) is 13.4. The Balaban J connectivity index is 1.44. The zero-order valence-electron chi connectivity index (χ0n) is 12.5. The maximum atomic E-state index is 4.23. The van der Waals surface area contributed by atoms with E-state index in [1.165, 1.54) is 17.7 Å². The molecule has 114 valence electrons. The van der Waals surface area contributed by atoms with Crippen LogP contribution in [-0.4, -0.2) is 39.0 Å². The van der Waals surface area contributed by atoms with Crippen LogP contribution in [0.2, 0.25) is 0 Å². The van der Waals surface area contributed by atoms with Gasteiger partial charge in [0.25, 0.3) is 0 Å². The first-order valence-electron chi connectivity index (χ1n) is 7.70. The van der Waals surface area contributed by atoms with Crippen LogP contribution in [0.15, 0.2) is 23.7 Å². The highest BCUT2D eigenvalue weighted by Gasteiger charge is 2.20. The van der Waals surface area contributed by atoms with E-state index >= 15 is 0 Å². The zero-order chi connectivity index (χ0) is 14.5. The van der Waals surface area contributed by atoms with Crippen LogP contribution in [-0.2, 0) is 19.6 Å². The van der Waals surface area contributed by atoms with Crippen LogP contribution < -0.4 is 5.32 Å². The van der Waals surface area contributed by atoms with E-state index in [0.29, 0.717) is 0 Å². The molecule has 1 N–H and O–H groups in total. The summed E-state index contributed by atoms with van der Waals surface area (Å²) in [4.78, 5) is 3.86. The monoisotopic (exact) mass is 305 g/mol. The maximum absolute atomic E-state index is 4.23. The molecule has 2 aromatic heterocycles. The minimum Gasteiger partial charge on any atom is -0.308 e.